The summed E-state index contributed by atoms with van der Waals surface area (Å²) in [7, 11) is 0. The molecule has 1 atom stereocenters. The molecule has 0 aliphatic rings. The van der Waals surface area contributed by atoms with Crippen LogP contribution in [0.1, 0.15) is 19.8 Å². The van der Waals surface area contributed by atoms with Crippen LogP contribution < -0.4 is 4.74 Å². The third-order valence-electron chi connectivity index (χ3n) is 2.38. The predicted molar refractivity (Wildman–Crippen MR) is 71.8 cm³/mol. The topological polar surface area (TPSA) is 9.23 Å². The van der Waals surface area contributed by atoms with Crippen LogP contribution in [0.4, 0.5) is 4.39 Å². The highest BCUT2D eigenvalue weighted by Crippen LogP contribution is 2.22. The van der Waals surface area contributed by atoms with Crippen LogP contribution in [0.25, 0.3) is 0 Å². The Bertz CT molecular complexity index is 333. The van der Waals surface area contributed by atoms with Crippen LogP contribution >= 0.6 is 28.6 Å². The van der Waals surface area contributed by atoms with Gasteiger partial charge in [0.05, 0.1) is 6.61 Å². The van der Waals surface area contributed by atoms with Crippen molar-refractivity contribution >= 4 is 28.6 Å². The van der Waals surface area contributed by atoms with Crippen LogP contribution in [-0.4, -0.2) is 12.4 Å². The highest BCUT2D eigenvalue weighted by Gasteiger charge is 2.05. The number of hydrogen-bond acceptors (Lipinski definition) is 2. The fourth-order valence-electron chi connectivity index (χ4n) is 1.32. The van der Waals surface area contributed by atoms with Crippen molar-refractivity contribution in [3.63, 3.8) is 0 Å². The van der Waals surface area contributed by atoms with E-state index in [2.05, 4.69) is 35.5 Å². The van der Waals surface area contributed by atoms with E-state index >= 15 is 0 Å². The van der Waals surface area contributed by atoms with Gasteiger partial charge in [0.2, 0.25) is 0 Å². The zero-order valence-electron chi connectivity index (χ0n) is 9.25. The maximum absolute atomic E-state index is 13.3. The van der Waals surface area contributed by atoms with Gasteiger partial charge in [-0.15, -0.1) is 0 Å². The van der Waals surface area contributed by atoms with Crippen LogP contribution in [-0.2, 0) is 0 Å². The first kappa shape index (κ1) is 13.8. The second-order valence-corrected chi connectivity index (χ2v) is 5.19. The van der Waals surface area contributed by atoms with E-state index in [4.69, 9.17) is 4.74 Å². The Balaban J connectivity index is 2.39. The zero-order chi connectivity index (χ0) is 12.0. The molecule has 0 amide bonds. The summed E-state index contributed by atoms with van der Waals surface area (Å²) >= 11 is 7.46. The van der Waals surface area contributed by atoms with Gasteiger partial charge in [-0.1, -0.05) is 22.9 Å². The minimum absolute atomic E-state index is 0.312. The maximum atomic E-state index is 13.3. The molecule has 0 aliphatic heterocycles. The van der Waals surface area contributed by atoms with E-state index in [-0.39, 0.29) is 5.82 Å². The summed E-state index contributed by atoms with van der Waals surface area (Å²) in [6.45, 7) is 2.69. The van der Waals surface area contributed by atoms with Gasteiger partial charge in [0, 0.05) is 4.47 Å². The van der Waals surface area contributed by atoms with Crippen molar-refractivity contribution in [1.29, 1.82) is 0 Å². The second-order valence-electron chi connectivity index (χ2n) is 3.83. The van der Waals surface area contributed by atoms with Crippen molar-refractivity contribution in [2.75, 3.05) is 12.4 Å². The Kier molecular flexibility index (Phi) is 6.21. The van der Waals surface area contributed by atoms with Crippen molar-refractivity contribution in [2.24, 2.45) is 5.92 Å². The summed E-state index contributed by atoms with van der Waals surface area (Å²) in [6.07, 6.45) is 1.99. The zero-order valence-corrected chi connectivity index (χ0v) is 11.7. The molecule has 0 bridgehead atoms. The van der Waals surface area contributed by atoms with Gasteiger partial charge in [-0.25, -0.2) is 4.39 Å². The van der Waals surface area contributed by atoms with Crippen LogP contribution in [0.2, 0.25) is 0 Å². The minimum atomic E-state index is -0.315. The second kappa shape index (κ2) is 7.17. The Labute approximate surface area is 110 Å². The lowest BCUT2D eigenvalue weighted by Crippen LogP contribution is -2.05. The molecule has 0 N–H and O–H groups in total. The highest BCUT2D eigenvalue weighted by atomic mass is 79.9. The monoisotopic (exact) mass is 306 g/mol. The van der Waals surface area contributed by atoms with Crippen molar-refractivity contribution < 1.29 is 9.13 Å². The molecule has 1 aromatic rings. The third kappa shape index (κ3) is 4.74. The first-order chi connectivity index (χ1) is 7.63. The van der Waals surface area contributed by atoms with E-state index in [0.29, 0.717) is 18.3 Å². The molecule has 90 valence electrons. The van der Waals surface area contributed by atoms with Gasteiger partial charge in [0.15, 0.2) is 11.6 Å². The highest BCUT2D eigenvalue weighted by molar-refractivity contribution is 9.10. The molecule has 1 aromatic carbocycles. The van der Waals surface area contributed by atoms with E-state index in [9.17, 15) is 4.39 Å². The first-order valence-corrected chi connectivity index (χ1v) is 6.74. The van der Waals surface area contributed by atoms with Crippen LogP contribution in [0.3, 0.4) is 0 Å². The number of rotatable bonds is 6. The van der Waals surface area contributed by atoms with Crippen molar-refractivity contribution in [3.05, 3.63) is 28.5 Å². The number of hydrogen-bond donors (Lipinski definition) is 1. The van der Waals surface area contributed by atoms with Gasteiger partial charge in [-0.3, -0.25) is 0 Å². The molecule has 16 heavy (non-hydrogen) atoms. The van der Waals surface area contributed by atoms with E-state index < -0.39 is 0 Å². The molecule has 0 spiro atoms. The summed E-state index contributed by atoms with van der Waals surface area (Å²) in [4.78, 5) is 0. The fourth-order valence-corrected chi connectivity index (χ4v) is 2.10. The SMILES string of the molecule is CC(CCS)CCOc1cc(Br)ccc1F. The Morgan fingerprint density at radius 1 is 1.44 bits per heavy atom. The molecule has 1 rings (SSSR count). The Hall–Kier alpha value is -0.220. The lowest BCUT2D eigenvalue weighted by molar-refractivity contribution is 0.270. The molecule has 1 unspecified atom stereocenters. The number of thiol groups is 1. The summed E-state index contributed by atoms with van der Waals surface area (Å²) in [5.74, 6) is 1.44. The normalized spacial score (nSPS) is 12.5. The first-order valence-electron chi connectivity index (χ1n) is 5.32. The largest absolute Gasteiger partial charge is 0.490 e. The molecule has 0 saturated carbocycles. The molecule has 1 nitrogen and oxygen atoms in total. The minimum Gasteiger partial charge on any atom is -0.490 e. The van der Waals surface area contributed by atoms with Gasteiger partial charge in [-0.2, -0.15) is 12.6 Å². The van der Waals surface area contributed by atoms with Crippen LogP contribution in [0, 0.1) is 11.7 Å². The molecule has 0 aliphatic carbocycles. The van der Waals surface area contributed by atoms with Crippen LogP contribution in [0.15, 0.2) is 22.7 Å². The smallest absolute Gasteiger partial charge is 0.165 e. The number of halogens is 2. The van der Waals surface area contributed by atoms with Gasteiger partial charge in [0.1, 0.15) is 0 Å². The van der Waals surface area contributed by atoms with Gasteiger partial charge in [0.25, 0.3) is 0 Å². The lowest BCUT2D eigenvalue weighted by atomic mass is 10.1. The predicted octanol–water partition coefficient (Wildman–Crippen LogP) is 4.31. The van der Waals surface area contributed by atoms with Crippen LogP contribution in [0.5, 0.6) is 5.75 Å². The Morgan fingerprint density at radius 3 is 2.88 bits per heavy atom. The molecule has 0 aromatic heterocycles. The van der Waals surface area contributed by atoms with Crippen molar-refractivity contribution in [3.8, 4) is 5.75 Å². The summed E-state index contributed by atoms with van der Waals surface area (Å²) < 4.78 is 19.5. The summed E-state index contributed by atoms with van der Waals surface area (Å²) in [5, 5.41) is 0. The van der Waals surface area contributed by atoms with Crippen molar-refractivity contribution in [1.82, 2.24) is 0 Å². The molecule has 0 heterocycles. The van der Waals surface area contributed by atoms with Crippen molar-refractivity contribution in [2.45, 2.75) is 19.8 Å². The van der Waals surface area contributed by atoms with E-state index in [1.807, 2.05) is 0 Å². The van der Waals surface area contributed by atoms with E-state index in [1.165, 1.54) is 6.07 Å². The number of ether oxygens (including phenoxy) is 1. The molecule has 0 radical (unpaired) electrons. The molecular weight excluding hydrogens is 291 g/mol. The van der Waals surface area contributed by atoms with E-state index in [0.717, 1.165) is 23.1 Å². The standard InChI is InChI=1S/C12H16BrFOS/c1-9(5-7-16)4-6-15-12-8-10(13)2-3-11(12)14/h2-3,8-9,16H,4-7H2,1H3. The molecular formula is C12H16BrFOS. The molecule has 4 heteroatoms. The maximum Gasteiger partial charge on any atom is 0.165 e. The number of benzene rings is 1. The van der Waals surface area contributed by atoms with E-state index in [1.54, 1.807) is 12.1 Å². The van der Waals surface area contributed by atoms with Gasteiger partial charge >= 0.3 is 0 Å². The quantitative estimate of drug-likeness (QED) is 0.770. The summed E-state index contributed by atoms with van der Waals surface area (Å²) in [6, 6.07) is 4.71. The van der Waals surface area contributed by atoms with Gasteiger partial charge < -0.3 is 4.74 Å². The molecule has 0 saturated heterocycles. The molecule has 0 fully saturated rings. The summed E-state index contributed by atoms with van der Waals surface area (Å²) in [5.41, 5.74) is 0. The van der Waals surface area contributed by atoms with Gasteiger partial charge in [-0.05, 0) is 42.7 Å². The third-order valence-corrected chi connectivity index (χ3v) is 3.13. The fraction of sp³-hybridized carbons (Fsp3) is 0.500. The average molecular weight is 307 g/mol. The lowest BCUT2D eigenvalue weighted by Gasteiger charge is -2.11. The Morgan fingerprint density at radius 2 is 2.19 bits per heavy atom. The average Bonchev–Trinajstić information content (AvgIpc) is 2.23.